The van der Waals surface area contributed by atoms with Crippen molar-refractivity contribution in [3.63, 3.8) is 0 Å². The summed E-state index contributed by atoms with van der Waals surface area (Å²) in [5, 5.41) is 7.94. The second kappa shape index (κ2) is 15.4. The van der Waals surface area contributed by atoms with Crippen LogP contribution >= 0.6 is 11.8 Å². The molecular formula is C38H32N4O4S. The Morgan fingerprint density at radius 3 is 2.04 bits per heavy atom. The lowest BCUT2D eigenvalue weighted by Crippen LogP contribution is -2.30. The van der Waals surface area contributed by atoms with Gasteiger partial charge in [0.15, 0.2) is 0 Å². The molecular weight excluding hydrogens is 609 g/mol. The molecule has 5 rings (SSSR count). The average molecular weight is 641 g/mol. The van der Waals surface area contributed by atoms with E-state index in [0.29, 0.717) is 22.5 Å². The number of primary amides is 1. The van der Waals surface area contributed by atoms with E-state index < -0.39 is 23.0 Å². The van der Waals surface area contributed by atoms with E-state index in [9.17, 15) is 19.2 Å². The number of benzene rings is 5. The summed E-state index contributed by atoms with van der Waals surface area (Å²) in [6.07, 6.45) is 1.63. The molecule has 4 amide bonds. The lowest BCUT2D eigenvalue weighted by molar-refractivity contribution is -0.116. The highest BCUT2D eigenvalue weighted by Gasteiger charge is 2.23. The van der Waals surface area contributed by atoms with Crippen LogP contribution in [0.1, 0.15) is 42.7 Å². The first-order valence-electron chi connectivity index (χ1n) is 14.7. The number of carbonyl (C=O) groups excluding carboxylic acids is 4. The van der Waals surface area contributed by atoms with E-state index in [-0.39, 0.29) is 11.6 Å². The van der Waals surface area contributed by atoms with Crippen molar-refractivity contribution in [2.75, 3.05) is 10.6 Å². The van der Waals surface area contributed by atoms with E-state index in [2.05, 4.69) is 16.0 Å². The van der Waals surface area contributed by atoms with Gasteiger partial charge in [-0.05, 0) is 78.7 Å². The Labute approximate surface area is 277 Å². The van der Waals surface area contributed by atoms with Crippen LogP contribution in [0.3, 0.4) is 0 Å². The number of thioether (sulfide) groups is 1. The zero-order valence-corrected chi connectivity index (χ0v) is 26.3. The zero-order chi connectivity index (χ0) is 33.2. The topological polar surface area (TPSA) is 130 Å². The maximum Gasteiger partial charge on any atom is 0.272 e. The number of carbonyl (C=O) groups is 4. The summed E-state index contributed by atoms with van der Waals surface area (Å²) in [6, 6.07) is 39.1. The van der Waals surface area contributed by atoms with Gasteiger partial charge in [-0.3, -0.25) is 19.2 Å². The molecule has 0 fully saturated rings. The fraction of sp³-hybridized carbons (Fsp3) is 0.0526. The monoisotopic (exact) mass is 640 g/mol. The predicted octanol–water partition coefficient (Wildman–Crippen LogP) is 6.98. The van der Waals surface area contributed by atoms with Gasteiger partial charge in [-0.25, -0.2) is 0 Å². The molecule has 5 aromatic carbocycles. The van der Waals surface area contributed by atoms with E-state index in [4.69, 9.17) is 5.73 Å². The number of aryl methyl sites for hydroxylation is 1. The molecule has 1 atom stereocenters. The lowest BCUT2D eigenvalue weighted by Gasteiger charge is -2.18. The third-order valence-corrected chi connectivity index (χ3v) is 8.25. The smallest absolute Gasteiger partial charge is 0.272 e. The molecule has 0 aromatic heterocycles. The van der Waals surface area contributed by atoms with Gasteiger partial charge in [0.2, 0.25) is 11.8 Å². The number of hydrogen-bond donors (Lipinski definition) is 4. The molecule has 5 aromatic rings. The van der Waals surface area contributed by atoms with Crippen LogP contribution in [-0.2, 0) is 9.59 Å². The molecule has 0 saturated heterocycles. The largest absolute Gasteiger partial charge is 0.366 e. The van der Waals surface area contributed by atoms with Crippen LogP contribution in [0.15, 0.2) is 144 Å². The van der Waals surface area contributed by atoms with Crippen LogP contribution in [-0.4, -0.2) is 23.6 Å². The quantitative estimate of drug-likeness (QED) is 0.0915. The number of hydrogen-bond acceptors (Lipinski definition) is 5. The third kappa shape index (κ3) is 9.06. The van der Waals surface area contributed by atoms with Crippen molar-refractivity contribution in [1.29, 1.82) is 0 Å². The fourth-order valence-corrected chi connectivity index (χ4v) is 5.76. The van der Waals surface area contributed by atoms with Crippen LogP contribution < -0.4 is 21.7 Å². The van der Waals surface area contributed by atoms with Gasteiger partial charge in [-0.1, -0.05) is 84.4 Å². The Morgan fingerprint density at radius 2 is 1.36 bits per heavy atom. The summed E-state index contributed by atoms with van der Waals surface area (Å²) < 4.78 is 0. The van der Waals surface area contributed by atoms with Gasteiger partial charge in [-0.2, -0.15) is 0 Å². The Bertz CT molecular complexity index is 1930. The number of nitrogens with two attached hydrogens (primary N) is 1. The number of rotatable bonds is 11. The van der Waals surface area contributed by atoms with Crippen molar-refractivity contribution < 1.29 is 19.2 Å². The summed E-state index contributed by atoms with van der Waals surface area (Å²) in [6.45, 7) is 1.95. The Morgan fingerprint density at radius 1 is 0.681 bits per heavy atom. The van der Waals surface area contributed by atoms with E-state index in [0.717, 1.165) is 21.6 Å². The third-order valence-electron chi connectivity index (χ3n) is 7.01. The van der Waals surface area contributed by atoms with Crippen LogP contribution in [0.2, 0.25) is 0 Å². The van der Waals surface area contributed by atoms with E-state index >= 15 is 0 Å². The minimum atomic E-state index is -0.639. The first-order chi connectivity index (χ1) is 22.7. The van der Waals surface area contributed by atoms with E-state index in [1.54, 1.807) is 72.8 Å². The summed E-state index contributed by atoms with van der Waals surface area (Å²) in [5.74, 6) is -1.74. The fourth-order valence-electron chi connectivity index (χ4n) is 4.68. The maximum atomic E-state index is 13.6. The van der Waals surface area contributed by atoms with Gasteiger partial charge >= 0.3 is 0 Å². The molecule has 0 saturated carbocycles. The van der Waals surface area contributed by atoms with Crippen LogP contribution in [0, 0.1) is 6.92 Å². The van der Waals surface area contributed by atoms with Crippen molar-refractivity contribution in [2.24, 2.45) is 5.73 Å². The summed E-state index contributed by atoms with van der Waals surface area (Å²) >= 11 is 1.32. The van der Waals surface area contributed by atoms with E-state index in [1.807, 2.05) is 73.7 Å². The Kier molecular flexibility index (Phi) is 10.6. The molecule has 47 heavy (non-hydrogen) atoms. The van der Waals surface area contributed by atoms with Gasteiger partial charge < -0.3 is 21.7 Å². The standard InChI is InChI=1S/C38H32N4O4S/c1-25-10-8-11-26(22-25)23-33(42-36(44)29-14-6-3-7-15-29)37(45)41-31-16-9-17-32(24-31)47-34(27-12-4-2-5-13-27)38(46)40-30-20-18-28(19-21-30)35(39)43/h2-24,34H,1H3,(H2,39,43)(H,40,46)(H,41,45)(H,42,44)/b33-23+. The Balaban J connectivity index is 1.36. The highest BCUT2D eigenvalue weighted by Crippen LogP contribution is 2.37. The highest BCUT2D eigenvalue weighted by atomic mass is 32.2. The molecule has 1 unspecified atom stereocenters. The van der Waals surface area contributed by atoms with Crippen molar-refractivity contribution in [3.8, 4) is 0 Å². The molecule has 0 radical (unpaired) electrons. The Hall–Kier alpha value is -5.93. The molecule has 0 bridgehead atoms. The normalized spacial score (nSPS) is 11.6. The van der Waals surface area contributed by atoms with Crippen LogP contribution in [0.5, 0.6) is 0 Å². The first kappa shape index (κ1) is 32.5. The molecule has 0 aliphatic rings. The summed E-state index contributed by atoms with van der Waals surface area (Å²) in [5.41, 5.74) is 9.73. The lowest BCUT2D eigenvalue weighted by atomic mass is 10.1. The molecule has 0 aliphatic heterocycles. The number of nitrogens with one attached hydrogen (secondary N) is 3. The van der Waals surface area contributed by atoms with Crippen molar-refractivity contribution in [2.45, 2.75) is 17.1 Å². The minimum Gasteiger partial charge on any atom is -0.366 e. The van der Waals surface area contributed by atoms with Gasteiger partial charge in [0.25, 0.3) is 11.8 Å². The molecule has 0 spiro atoms. The summed E-state index contributed by atoms with van der Waals surface area (Å²) in [4.78, 5) is 52.4. The molecule has 234 valence electrons. The SMILES string of the molecule is Cc1cccc(/C=C(/NC(=O)c2ccccc2)C(=O)Nc2cccc(SC(C(=O)Nc3ccc(C(N)=O)cc3)c3ccccc3)c2)c1. The molecule has 9 heteroatoms. The van der Waals surface area contributed by atoms with Crippen molar-refractivity contribution >= 4 is 52.8 Å². The van der Waals surface area contributed by atoms with E-state index in [1.165, 1.54) is 11.8 Å². The van der Waals surface area contributed by atoms with Crippen molar-refractivity contribution in [3.05, 3.63) is 167 Å². The molecule has 0 aliphatic carbocycles. The van der Waals surface area contributed by atoms with Gasteiger partial charge in [-0.15, -0.1) is 11.8 Å². The second-order valence-electron chi connectivity index (χ2n) is 10.6. The predicted molar refractivity (Wildman–Crippen MR) is 187 cm³/mol. The zero-order valence-electron chi connectivity index (χ0n) is 25.5. The van der Waals surface area contributed by atoms with Gasteiger partial charge in [0.1, 0.15) is 10.9 Å². The molecule has 8 nitrogen and oxygen atoms in total. The number of amides is 4. The van der Waals surface area contributed by atoms with Crippen LogP contribution in [0.4, 0.5) is 11.4 Å². The highest BCUT2D eigenvalue weighted by molar-refractivity contribution is 8.00. The second-order valence-corrected chi connectivity index (χ2v) is 11.8. The first-order valence-corrected chi connectivity index (χ1v) is 15.6. The van der Waals surface area contributed by atoms with Crippen LogP contribution in [0.25, 0.3) is 6.08 Å². The van der Waals surface area contributed by atoms with Gasteiger partial charge in [0, 0.05) is 27.4 Å². The summed E-state index contributed by atoms with van der Waals surface area (Å²) in [7, 11) is 0. The minimum absolute atomic E-state index is 0.0754. The van der Waals surface area contributed by atoms with Gasteiger partial charge in [0.05, 0.1) is 0 Å². The molecule has 0 heterocycles. The maximum absolute atomic E-state index is 13.6. The van der Waals surface area contributed by atoms with Crippen molar-refractivity contribution in [1.82, 2.24) is 5.32 Å². The molecule has 5 N–H and O–H groups in total. The number of anilines is 2. The average Bonchev–Trinajstić information content (AvgIpc) is 3.08.